The second-order valence-corrected chi connectivity index (χ2v) is 8.37. The zero-order valence-electron chi connectivity index (χ0n) is 15.5. The Labute approximate surface area is 158 Å². The summed E-state index contributed by atoms with van der Waals surface area (Å²) < 4.78 is 36.6. The molecule has 0 aromatic heterocycles. The van der Waals surface area contributed by atoms with Crippen LogP contribution in [0.2, 0.25) is 0 Å². The Morgan fingerprint density at radius 3 is 2.48 bits per heavy atom. The van der Waals surface area contributed by atoms with Gasteiger partial charge in [0.25, 0.3) is 0 Å². The van der Waals surface area contributed by atoms with E-state index < -0.39 is 15.9 Å². The fourth-order valence-corrected chi connectivity index (χ4v) is 3.63. The third-order valence-corrected chi connectivity index (χ3v) is 5.31. The van der Waals surface area contributed by atoms with Crippen molar-refractivity contribution >= 4 is 27.3 Å². The number of benzene rings is 2. The molecule has 1 aliphatic heterocycles. The number of ether oxygens (including phenoxy) is 2. The Kier molecular flexibility index (Phi) is 5.27. The standard InChI is InChI=1S/C19H22N2O5S/c1-13-4-5-14(2)16(10-13)20-19(22)12-21(27(3,23)24)15-6-7-17-18(11-15)26-9-8-25-17/h4-7,10-11H,8-9,12H2,1-3H3,(H,20,22). The van der Waals surface area contributed by atoms with Crippen LogP contribution in [-0.4, -0.2) is 40.3 Å². The summed E-state index contributed by atoms with van der Waals surface area (Å²) in [5.74, 6) is 0.588. The van der Waals surface area contributed by atoms with E-state index in [1.165, 1.54) is 0 Å². The summed E-state index contributed by atoms with van der Waals surface area (Å²) >= 11 is 0. The van der Waals surface area contributed by atoms with Gasteiger partial charge in [0.15, 0.2) is 11.5 Å². The first-order valence-electron chi connectivity index (χ1n) is 8.48. The monoisotopic (exact) mass is 390 g/mol. The molecule has 27 heavy (non-hydrogen) atoms. The molecule has 0 fully saturated rings. The number of aryl methyl sites for hydroxylation is 2. The quantitative estimate of drug-likeness (QED) is 0.848. The molecule has 1 N–H and O–H groups in total. The molecule has 3 rings (SSSR count). The van der Waals surface area contributed by atoms with Crippen molar-refractivity contribution in [3.05, 3.63) is 47.5 Å². The molecule has 0 spiro atoms. The number of amides is 1. The average Bonchev–Trinajstić information content (AvgIpc) is 2.61. The van der Waals surface area contributed by atoms with Gasteiger partial charge in [-0.25, -0.2) is 8.42 Å². The zero-order valence-corrected chi connectivity index (χ0v) is 16.3. The van der Waals surface area contributed by atoms with Crippen LogP contribution in [0.3, 0.4) is 0 Å². The summed E-state index contributed by atoms with van der Waals surface area (Å²) in [4.78, 5) is 12.5. The van der Waals surface area contributed by atoms with E-state index in [0.717, 1.165) is 21.7 Å². The minimum Gasteiger partial charge on any atom is -0.486 e. The van der Waals surface area contributed by atoms with Gasteiger partial charge in [0, 0.05) is 11.8 Å². The molecule has 0 atom stereocenters. The number of nitrogens with one attached hydrogen (secondary N) is 1. The number of carbonyl (C=O) groups excluding carboxylic acids is 1. The first kappa shape index (κ1) is 19.0. The number of fused-ring (bicyclic) bond motifs is 1. The highest BCUT2D eigenvalue weighted by atomic mass is 32.2. The molecule has 0 saturated heterocycles. The predicted molar refractivity (Wildman–Crippen MR) is 104 cm³/mol. The van der Waals surface area contributed by atoms with Gasteiger partial charge in [-0.2, -0.15) is 0 Å². The summed E-state index contributed by atoms with van der Waals surface area (Å²) in [7, 11) is -3.67. The maximum absolute atomic E-state index is 12.5. The molecule has 2 aromatic rings. The third kappa shape index (κ3) is 4.51. The summed E-state index contributed by atoms with van der Waals surface area (Å²) in [6.07, 6.45) is 1.06. The molecular weight excluding hydrogens is 368 g/mol. The van der Waals surface area contributed by atoms with E-state index in [4.69, 9.17) is 9.47 Å². The van der Waals surface area contributed by atoms with Crippen molar-refractivity contribution in [2.24, 2.45) is 0 Å². The lowest BCUT2D eigenvalue weighted by Gasteiger charge is -2.25. The molecule has 1 heterocycles. The molecule has 0 aliphatic carbocycles. The number of rotatable bonds is 5. The van der Waals surface area contributed by atoms with Gasteiger partial charge in [-0.05, 0) is 43.2 Å². The Hall–Kier alpha value is -2.74. The lowest BCUT2D eigenvalue weighted by atomic mass is 10.1. The zero-order chi connectivity index (χ0) is 19.6. The van der Waals surface area contributed by atoms with Crippen LogP contribution in [0.25, 0.3) is 0 Å². The Morgan fingerprint density at radius 2 is 1.78 bits per heavy atom. The van der Waals surface area contributed by atoms with Crippen LogP contribution in [-0.2, 0) is 14.8 Å². The molecular formula is C19H22N2O5S. The molecule has 7 nitrogen and oxygen atoms in total. The van der Waals surface area contributed by atoms with Gasteiger partial charge in [0.05, 0.1) is 11.9 Å². The minimum absolute atomic E-state index is 0.341. The molecule has 1 aliphatic rings. The van der Waals surface area contributed by atoms with Crippen LogP contribution in [0.15, 0.2) is 36.4 Å². The minimum atomic E-state index is -3.67. The summed E-state index contributed by atoms with van der Waals surface area (Å²) in [6, 6.07) is 10.5. The molecule has 2 aromatic carbocycles. The third-order valence-electron chi connectivity index (χ3n) is 4.17. The van der Waals surface area contributed by atoms with Gasteiger partial charge < -0.3 is 14.8 Å². The van der Waals surface area contributed by atoms with Gasteiger partial charge in [-0.3, -0.25) is 9.10 Å². The van der Waals surface area contributed by atoms with E-state index in [2.05, 4.69) is 5.32 Å². The first-order chi connectivity index (χ1) is 12.7. The van der Waals surface area contributed by atoms with Crippen molar-refractivity contribution in [1.29, 1.82) is 0 Å². The van der Waals surface area contributed by atoms with Gasteiger partial charge in [-0.1, -0.05) is 12.1 Å². The molecule has 1 amide bonds. The summed E-state index contributed by atoms with van der Waals surface area (Å²) in [5, 5.41) is 2.78. The van der Waals surface area contributed by atoms with Crippen LogP contribution in [0.4, 0.5) is 11.4 Å². The second-order valence-electron chi connectivity index (χ2n) is 6.46. The highest BCUT2D eigenvalue weighted by Crippen LogP contribution is 2.34. The molecule has 0 bridgehead atoms. The van der Waals surface area contributed by atoms with Crippen LogP contribution in [0, 0.1) is 13.8 Å². The van der Waals surface area contributed by atoms with Gasteiger partial charge in [-0.15, -0.1) is 0 Å². The van der Waals surface area contributed by atoms with E-state index in [-0.39, 0.29) is 6.54 Å². The highest BCUT2D eigenvalue weighted by molar-refractivity contribution is 7.92. The molecule has 8 heteroatoms. The maximum Gasteiger partial charge on any atom is 0.245 e. The maximum atomic E-state index is 12.5. The van der Waals surface area contributed by atoms with Crippen LogP contribution in [0.1, 0.15) is 11.1 Å². The van der Waals surface area contributed by atoms with Gasteiger partial charge in [0.1, 0.15) is 19.8 Å². The van der Waals surface area contributed by atoms with E-state index in [1.807, 2.05) is 32.0 Å². The Balaban J connectivity index is 1.84. The normalized spacial score (nSPS) is 13.1. The Morgan fingerprint density at radius 1 is 1.07 bits per heavy atom. The lowest BCUT2D eigenvalue weighted by molar-refractivity contribution is -0.114. The number of nitrogens with zero attached hydrogens (tertiary/aromatic N) is 1. The molecule has 144 valence electrons. The van der Waals surface area contributed by atoms with Gasteiger partial charge in [0.2, 0.25) is 15.9 Å². The lowest BCUT2D eigenvalue weighted by Crippen LogP contribution is -2.37. The first-order valence-corrected chi connectivity index (χ1v) is 10.3. The van der Waals surface area contributed by atoms with Crippen molar-refractivity contribution in [1.82, 2.24) is 0 Å². The van der Waals surface area contributed by atoms with E-state index >= 15 is 0 Å². The smallest absolute Gasteiger partial charge is 0.245 e. The van der Waals surface area contributed by atoms with E-state index in [0.29, 0.717) is 36.1 Å². The van der Waals surface area contributed by atoms with Crippen molar-refractivity contribution in [2.45, 2.75) is 13.8 Å². The van der Waals surface area contributed by atoms with Crippen molar-refractivity contribution in [3.63, 3.8) is 0 Å². The van der Waals surface area contributed by atoms with Crippen molar-refractivity contribution in [3.8, 4) is 11.5 Å². The number of carbonyl (C=O) groups is 1. The molecule has 0 saturated carbocycles. The number of sulfonamides is 1. The fourth-order valence-electron chi connectivity index (χ4n) is 2.78. The van der Waals surface area contributed by atoms with Crippen molar-refractivity contribution in [2.75, 3.05) is 35.6 Å². The van der Waals surface area contributed by atoms with Crippen LogP contribution in [0.5, 0.6) is 11.5 Å². The van der Waals surface area contributed by atoms with E-state index in [9.17, 15) is 13.2 Å². The highest BCUT2D eigenvalue weighted by Gasteiger charge is 2.23. The molecule has 0 unspecified atom stereocenters. The summed E-state index contributed by atoms with van der Waals surface area (Å²) in [6.45, 7) is 4.30. The second kappa shape index (κ2) is 7.48. The van der Waals surface area contributed by atoms with Crippen LogP contribution < -0.4 is 19.1 Å². The number of hydrogen-bond acceptors (Lipinski definition) is 5. The Bertz CT molecular complexity index is 972. The number of hydrogen-bond donors (Lipinski definition) is 1. The largest absolute Gasteiger partial charge is 0.486 e. The summed E-state index contributed by atoms with van der Waals surface area (Å²) in [5.41, 5.74) is 2.91. The van der Waals surface area contributed by atoms with Crippen LogP contribution >= 0.6 is 0 Å². The van der Waals surface area contributed by atoms with Crippen molar-refractivity contribution < 1.29 is 22.7 Å². The topological polar surface area (TPSA) is 84.9 Å². The average molecular weight is 390 g/mol. The van der Waals surface area contributed by atoms with Gasteiger partial charge >= 0.3 is 0 Å². The number of anilines is 2. The molecule has 0 radical (unpaired) electrons. The SMILES string of the molecule is Cc1ccc(C)c(NC(=O)CN(c2ccc3c(c2)OCCO3)S(C)(=O)=O)c1. The fraction of sp³-hybridized carbons (Fsp3) is 0.316. The van der Waals surface area contributed by atoms with E-state index in [1.54, 1.807) is 18.2 Å². The predicted octanol–water partition coefficient (Wildman–Crippen LogP) is 2.48.